The van der Waals surface area contributed by atoms with Gasteiger partial charge in [0.15, 0.2) is 0 Å². The van der Waals surface area contributed by atoms with Crippen molar-refractivity contribution in [2.75, 3.05) is 6.54 Å². The highest BCUT2D eigenvalue weighted by Crippen LogP contribution is 2.24. The highest BCUT2D eigenvalue weighted by molar-refractivity contribution is 6.35. The molecule has 7 heteroatoms. The predicted molar refractivity (Wildman–Crippen MR) is 105 cm³/mol. The normalized spacial score (nSPS) is 13.5. The first-order valence-electron chi connectivity index (χ1n) is 9.22. The molecule has 1 aromatic carbocycles. The molecule has 2 heterocycles. The average molecular weight is 385 g/mol. The Bertz CT molecular complexity index is 1050. The van der Waals surface area contributed by atoms with Gasteiger partial charge in [-0.15, -0.1) is 0 Å². The van der Waals surface area contributed by atoms with Crippen LogP contribution in [-0.2, 0) is 30.7 Å². The van der Waals surface area contributed by atoms with Crippen LogP contribution in [0.15, 0.2) is 41.3 Å². The van der Waals surface area contributed by atoms with Crippen LogP contribution in [-0.4, -0.2) is 26.8 Å². The highest BCUT2D eigenvalue weighted by Gasteiger charge is 2.14. The van der Waals surface area contributed by atoms with E-state index in [1.54, 1.807) is 6.07 Å². The molecule has 0 aliphatic heterocycles. The summed E-state index contributed by atoms with van der Waals surface area (Å²) in [5.41, 5.74) is 2.80. The van der Waals surface area contributed by atoms with Crippen LogP contribution in [0.3, 0.4) is 0 Å². The first-order chi connectivity index (χ1) is 13.1. The lowest BCUT2D eigenvalue weighted by Gasteiger charge is -2.15. The first kappa shape index (κ1) is 17.8. The number of carbonyl (C=O) groups excluding carboxylic acids is 1. The van der Waals surface area contributed by atoms with Crippen LogP contribution < -0.4 is 10.9 Å². The molecule has 27 heavy (non-hydrogen) atoms. The Morgan fingerprint density at radius 2 is 2.07 bits per heavy atom. The minimum Gasteiger partial charge on any atom is -0.353 e. The Hall–Kier alpha value is -2.60. The molecular formula is C20H21ClN4O2. The number of nitrogens with zero attached hydrogens (tertiary/aromatic N) is 3. The maximum atomic E-state index is 12.2. The van der Waals surface area contributed by atoms with Crippen LogP contribution >= 0.6 is 11.6 Å². The lowest BCUT2D eigenvalue weighted by atomic mass is 9.97. The Morgan fingerprint density at radius 1 is 1.22 bits per heavy atom. The molecular weight excluding hydrogens is 364 g/mol. The fraction of sp³-hybridized carbons (Fsp3) is 0.350. The molecule has 0 saturated carbocycles. The number of rotatable bonds is 5. The maximum Gasteiger partial charge on any atom is 0.267 e. The molecule has 0 unspecified atom stereocenters. The van der Waals surface area contributed by atoms with E-state index in [0.29, 0.717) is 18.1 Å². The smallest absolute Gasteiger partial charge is 0.267 e. The van der Waals surface area contributed by atoms with Crippen molar-refractivity contribution in [3.63, 3.8) is 0 Å². The average Bonchev–Trinajstić information content (AvgIpc) is 3.07. The van der Waals surface area contributed by atoms with Crippen LogP contribution in [0.1, 0.15) is 24.1 Å². The molecule has 0 saturated heterocycles. The Morgan fingerprint density at radius 3 is 2.96 bits per heavy atom. The molecule has 4 rings (SSSR count). The molecule has 1 N–H and O–H groups in total. The number of hydrogen-bond acceptors (Lipinski definition) is 3. The van der Waals surface area contributed by atoms with Crippen LogP contribution in [0.5, 0.6) is 0 Å². The van der Waals surface area contributed by atoms with Crippen molar-refractivity contribution in [3.05, 3.63) is 63.2 Å². The SMILES string of the molecule is O=C(Cn1nc2c(cc1=O)CCCC2)NCCn1ccc2c(Cl)cccc21. The topological polar surface area (TPSA) is 68.9 Å². The minimum absolute atomic E-state index is 0.0512. The Kier molecular flexibility index (Phi) is 4.99. The van der Waals surface area contributed by atoms with E-state index in [2.05, 4.69) is 10.4 Å². The van der Waals surface area contributed by atoms with E-state index in [0.717, 1.165) is 47.8 Å². The zero-order chi connectivity index (χ0) is 18.8. The van der Waals surface area contributed by atoms with Crippen molar-refractivity contribution in [1.29, 1.82) is 0 Å². The van der Waals surface area contributed by atoms with E-state index in [4.69, 9.17) is 11.6 Å². The summed E-state index contributed by atoms with van der Waals surface area (Å²) in [5, 5.41) is 8.96. The number of fused-ring (bicyclic) bond motifs is 2. The lowest BCUT2D eigenvalue weighted by molar-refractivity contribution is -0.121. The number of benzene rings is 1. The molecule has 0 atom stereocenters. The second-order valence-electron chi connectivity index (χ2n) is 6.85. The van der Waals surface area contributed by atoms with Gasteiger partial charge in [0.25, 0.3) is 5.56 Å². The summed E-state index contributed by atoms with van der Waals surface area (Å²) in [7, 11) is 0. The first-order valence-corrected chi connectivity index (χ1v) is 9.59. The van der Waals surface area contributed by atoms with Gasteiger partial charge in [-0.1, -0.05) is 17.7 Å². The fourth-order valence-corrected chi connectivity index (χ4v) is 3.84. The zero-order valence-corrected chi connectivity index (χ0v) is 15.7. The van der Waals surface area contributed by atoms with Gasteiger partial charge in [-0.25, -0.2) is 4.68 Å². The number of amides is 1. The molecule has 0 radical (unpaired) electrons. The predicted octanol–water partition coefficient (Wildman–Crippen LogP) is 2.55. The van der Waals surface area contributed by atoms with Crippen LogP contribution in [0.2, 0.25) is 5.02 Å². The lowest BCUT2D eigenvalue weighted by Crippen LogP contribution is -2.36. The van der Waals surface area contributed by atoms with E-state index in [1.165, 1.54) is 4.68 Å². The van der Waals surface area contributed by atoms with E-state index in [9.17, 15) is 9.59 Å². The van der Waals surface area contributed by atoms with E-state index < -0.39 is 0 Å². The maximum absolute atomic E-state index is 12.2. The molecule has 0 spiro atoms. The van der Waals surface area contributed by atoms with Gasteiger partial charge in [-0.05, 0) is 49.4 Å². The van der Waals surface area contributed by atoms with E-state index >= 15 is 0 Å². The summed E-state index contributed by atoms with van der Waals surface area (Å²) in [6, 6.07) is 9.37. The Labute approximate surface area is 161 Å². The molecule has 0 bridgehead atoms. The number of aromatic nitrogens is 3. The van der Waals surface area contributed by atoms with E-state index in [1.807, 2.05) is 35.0 Å². The third kappa shape index (κ3) is 3.76. The molecule has 1 aliphatic rings. The summed E-state index contributed by atoms with van der Waals surface area (Å²) in [5.74, 6) is -0.213. The number of halogens is 1. The highest BCUT2D eigenvalue weighted by atomic mass is 35.5. The Balaban J connectivity index is 1.37. The van der Waals surface area contributed by atoms with Crippen molar-refractivity contribution >= 4 is 28.4 Å². The van der Waals surface area contributed by atoms with Crippen molar-refractivity contribution in [2.24, 2.45) is 0 Å². The van der Waals surface area contributed by atoms with Crippen molar-refractivity contribution in [2.45, 2.75) is 38.8 Å². The summed E-state index contributed by atoms with van der Waals surface area (Å²) in [6.45, 7) is 1.04. The second kappa shape index (κ2) is 7.56. The van der Waals surface area contributed by atoms with Crippen molar-refractivity contribution < 1.29 is 4.79 Å². The molecule has 140 valence electrons. The molecule has 0 fully saturated rings. The monoisotopic (exact) mass is 384 g/mol. The van der Waals surface area contributed by atoms with E-state index in [-0.39, 0.29) is 18.0 Å². The molecule has 2 aromatic heterocycles. The number of hydrogen-bond donors (Lipinski definition) is 1. The van der Waals surface area contributed by atoms with Crippen LogP contribution in [0.25, 0.3) is 10.9 Å². The third-order valence-corrected chi connectivity index (χ3v) is 5.33. The number of carbonyl (C=O) groups is 1. The third-order valence-electron chi connectivity index (χ3n) is 5.00. The van der Waals surface area contributed by atoms with Gasteiger partial charge < -0.3 is 9.88 Å². The van der Waals surface area contributed by atoms with Gasteiger partial charge in [0, 0.05) is 41.3 Å². The van der Waals surface area contributed by atoms with Gasteiger partial charge in [0.05, 0.1) is 5.69 Å². The van der Waals surface area contributed by atoms with Gasteiger partial charge in [-0.3, -0.25) is 9.59 Å². The van der Waals surface area contributed by atoms with Crippen LogP contribution in [0, 0.1) is 0 Å². The van der Waals surface area contributed by atoms with Gasteiger partial charge in [0.2, 0.25) is 5.91 Å². The fourth-order valence-electron chi connectivity index (χ4n) is 3.60. The number of nitrogens with one attached hydrogen (secondary N) is 1. The van der Waals surface area contributed by atoms with Gasteiger partial charge >= 0.3 is 0 Å². The molecule has 1 aliphatic carbocycles. The summed E-state index contributed by atoms with van der Waals surface area (Å²) < 4.78 is 3.31. The second-order valence-corrected chi connectivity index (χ2v) is 7.26. The largest absolute Gasteiger partial charge is 0.353 e. The van der Waals surface area contributed by atoms with Gasteiger partial charge in [0.1, 0.15) is 6.54 Å². The van der Waals surface area contributed by atoms with Gasteiger partial charge in [-0.2, -0.15) is 5.10 Å². The summed E-state index contributed by atoms with van der Waals surface area (Å²) in [6.07, 6.45) is 5.91. The molecule has 3 aromatic rings. The zero-order valence-electron chi connectivity index (χ0n) is 14.9. The number of aryl methyl sites for hydroxylation is 2. The van der Waals surface area contributed by atoms with Crippen molar-refractivity contribution in [1.82, 2.24) is 19.7 Å². The standard InChI is InChI=1S/C20H21ClN4O2/c21-16-5-3-7-18-15(16)8-10-24(18)11-9-22-19(26)13-25-20(27)12-14-4-1-2-6-17(14)23-25/h3,5,7-8,10,12H,1-2,4,6,9,11,13H2,(H,22,26). The summed E-state index contributed by atoms with van der Waals surface area (Å²) >= 11 is 6.19. The minimum atomic E-state index is -0.213. The summed E-state index contributed by atoms with van der Waals surface area (Å²) in [4.78, 5) is 24.4. The van der Waals surface area contributed by atoms with Crippen LogP contribution in [0.4, 0.5) is 0 Å². The molecule has 6 nitrogen and oxygen atoms in total. The molecule has 1 amide bonds. The van der Waals surface area contributed by atoms with Crippen molar-refractivity contribution in [3.8, 4) is 0 Å². The quantitative estimate of drug-likeness (QED) is 0.735.